The summed E-state index contributed by atoms with van der Waals surface area (Å²) in [6.45, 7) is 0.315. The van der Waals surface area contributed by atoms with Crippen molar-refractivity contribution in [1.82, 2.24) is 4.98 Å². The number of carbonyl (C=O) groups is 2. The topological polar surface area (TPSA) is 96.7 Å². The Labute approximate surface area is 226 Å². The average Bonchev–Trinajstić information content (AvgIpc) is 2.87. The van der Waals surface area contributed by atoms with Gasteiger partial charge in [0.05, 0.1) is 26.4 Å². The van der Waals surface area contributed by atoms with Crippen LogP contribution in [-0.4, -0.2) is 31.8 Å². The summed E-state index contributed by atoms with van der Waals surface area (Å²) in [5.41, 5.74) is 2.07. The van der Waals surface area contributed by atoms with Gasteiger partial charge in [-0.05, 0) is 42.0 Å². The Morgan fingerprint density at radius 3 is 2.34 bits per heavy atom. The molecular formula is C26H18Br3NO5. The second kappa shape index (κ2) is 10.9. The van der Waals surface area contributed by atoms with E-state index in [1.54, 1.807) is 12.1 Å². The number of phenols is 1. The number of nitrogens with zero attached hydrogens (tertiary/aromatic N) is 1. The molecule has 0 aliphatic heterocycles. The Balaban J connectivity index is 1.45. The maximum Gasteiger partial charge on any atom is 0.339 e. The smallest absolute Gasteiger partial charge is 0.339 e. The first-order valence-corrected chi connectivity index (χ1v) is 13.0. The molecule has 4 rings (SSSR count). The molecular weight excluding hydrogens is 646 g/mol. The molecule has 9 heteroatoms. The Morgan fingerprint density at radius 1 is 0.943 bits per heavy atom. The molecule has 0 aliphatic rings. The van der Waals surface area contributed by atoms with Gasteiger partial charge in [0.2, 0.25) is 0 Å². The van der Waals surface area contributed by atoms with Crippen LogP contribution >= 0.6 is 47.8 Å². The summed E-state index contributed by atoms with van der Waals surface area (Å²) < 4.78 is 6.25. The zero-order valence-electron chi connectivity index (χ0n) is 18.0. The molecule has 6 nitrogen and oxygen atoms in total. The molecule has 0 saturated heterocycles. The Bertz CT molecular complexity index is 1410. The van der Waals surface area contributed by atoms with Gasteiger partial charge in [-0.1, -0.05) is 84.2 Å². The van der Waals surface area contributed by atoms with Gasteiger partial charge in [-0.25, -0.2) is 9.78 Å². The molecule has 4 aromatic rings. The predicted molar refractivity (Wildman–Crippen MR) is 144 cm³/mol. The van der Waals surface area contributed by atoms with E-state index in [1.165, 1.54) is 12.1 Å². The minimum absolute atomic E-state index is 0.0917. The normalized spacial score (nSPS) is 12.8. The van der Waals surface area contributed by atoms with E-state index in [1.807, 2.05) is 48.5 Å². The van der Waals surface area contributed by atoms with Crippen molar-refractivity contribution in [2.75, 3.05) is 0 Å². The van der Waals surface area contributed by atoms with Crippen LogP contribution in [0.15, 0.2) is 77.3 Å². The summed E-state index contributed by atoms with van der Waals surface area (Å²) in [4.78, 5) is 27.8. The highest BCUT2D eigenvalue weighted by Crippen LogP contribution is 2.37. The molecule has 35 heavy (non-hydrogen) atoms. The number of ketones is 1. The number of hydrogen-bond acceptors (Lipinski definition) is 5. The van der Waals surface area contributed by atoms with E-state index in [-0.39, 0.29) is 11.1 Å². The van der Waals surface area contributed by atoms with E-state index < -0.39 is 27.2 Å². The number of hydrogen-bond donors (Lipinski definition) is 2. The number of rotatable bonds is 8. The average molecular weight is 664 g/mol. The van der Waals surface area contributed by atoms with Gasteiger partial charge in [-0.2, -0.15) is 0 Å². The van der Waals surface area contributed by atoms with Crippen LogP contribution in [0.2, 0.25) is 0 Å². The number of pyridine rings is 1. The lowest BCUT2D eigenvalue weighted by molar-refractivity contribution is 0.0693. The van der Waals surface area contributed by atoms with Crippen LogP contribution in [0, 0.1) is 0 Å². The highest BCUT2D eigenvalue weighted by molar-refractivity contribution is 9.12. The van der Waals surface area contributed by atoms with E-state index in [4.69, 9.17) is 4.74 Å². The number of fused-ring (bicyclic) bond motifs is 1. The lowest BCUT2D eigenvalue weighted by Gasteiger charge is -2.18. The fourth-order valence-corrected chi connectivity index (χ4v) is 5.05. The van der Waals surface area contributed by atoms with Crippen molar-refractivity contribution < 1.29 is 24.5 Å². The van der Waals surface area contributed by atoms with Crippen molar-refractivity contribution in [2.24, 2.45) is 0 Å². The minimum atomic E-state index is -1.33. The lowest BCUT2D eigenvalue weighted by Crippen LogP contribution is -2.20. The number of benzene rings is 3. The molecule has 0 fully saturated rings. The summed E-state index contributed by atoms with van der Waals surface area (Å²) >= 11 is 10.1. The van der Waals surface area contributed by atoms with Crippen molar-refractivity contribution in [3.05, 3.63) is 99.7 Å². The second-order valence-electron chi connectivity index (χ2n) is 7.68. The third kappa shape index (κ3) is 5.74. The Morgan fingerprint density at radius 2 is 1.63 bits per heavy atom. The third-order valence-corrected chi connectivity index (χ3v) is 8.49. The van der Waals surface area contributed by atoms with Crippen LogP contribution in [0.3, 0.4) is 0 Å². The quantitative estimate of drug-likeness (QED) is 0.155. The van der Waals surface area contributed by atoms with Crippen LogP contribution in [0.25, 0.3) is 10.9 Å². The number of carboxylic acid groups (broad SMARTS) is 1. The minimum Gasteiger partial charge on any atom is -0.506 e. The largest absolute Gasteiger partial charge is 0.506 e. The highest BCUT2D eigenvalue weighted by Gasteiger charge is 2.30. The van der Waals surface area contributed by atoms with Crippen LogP contribution < -0.4 is 4.74 Å². The number of carbonyl (C=O) groups excluding carboxylic acids is 1. The number of aromatic carboxylic acids is 1. The van der Waals surface area contributed by atoms with Crippen molar-refractivity contribution >= 4 is 70.4 Å². The summed E-state index contributed by atoms with van der Waals surface area (Å²) in [5, 5.41) is 20.7. The van der Waals surface area contributed by atoms with Crippen LogP contribution in [-0.2, 0) is 6.61 Å². The van der Waals surface area contributed by atoms with Crippen LogP contribution in [0.4, 0.5) is 0 Å². The molecule has 0 bridgehead atoms. The lowest BCUT2D eigenvalue weighted by atomic mass is 9.99. The Hall–Kier alpha value is -2.75. The number of aromatic hydroxyl groups is 1. The molecule has 0 aliphatic carbocycles. The third-order valence-electron chi connectivity index (χ3n) is 5.32. The number of aromatic nitrogens is 1. The van der Waals surface area contributed by atoms with Crippen LogP contribution in [0.1, 0.15) is 36.8 Å². The molecule has 1 aromatic heterocycles. The van der Waals surface area contributed by atoms with Crippen molar-refractivity contribution in [3.63, 3.8) is 0 Å². The van der Waals surface area contributed by atoms with E-state index in [0.29, 0.717) is 16.8 Å². The molecule has 1 heterocycles. The Kier molecular flexibility index (Phi) is 7.88. The molecule has 0 spiro atoms. The molecule has 0 saturated carbocycles. The number of Topliss-reactive ketones (excluding diaryl/α,β-unsaturated/α-hetero) is 1. The summed E-state index contributed by atoms with van der Waals surface area (Å²) in [5.74, 6) is -1.71. The predicted octanol–water partition coefficient (Wildman–Crippen LogP) is 7.06. The van der Waals surface area contributed by atoms with Crippen molar-refractivity contribution in [3.8, 4) is 11.5 Å². The van der Waals surface area contributed by atoms with E-state index in [0.717, 1.165) is 22.2 Å². The fraction of sp³-hybridized carbons (Fsp3) is 0.115. The zero-order chi connectivity index (χ0) is 25.1. The van der Waals surface area contributed by atoms with Gasteiger partial charge < -0.3 is 14.9 Å². The standard InChI is InChI=1S/C26H18Br3NO5/c27-16-11-19(24(31)20(12-16)26(33)34)25(32)23(29)22(28)15-6-9-18(10-7-15)35-13-17-8-5-14-3-1-2-4-21(14)30-17/h1-12,22-23,31H,13H2,(H,33,34). The summed E-state index contributed by atoms with van der Waals surface area (Å²) in [6, 6.07) is 21.7. The number of ether oxygens (including phenoxy) is 1. The number of carboxylic acids is 1. The van der Waals surface area contributed by atoms with Gasteiger partial charge in [0.25, 0.3) is 0 Å². The first kappa shape index (κ1) is 25.3. The van der Waals surface area contributed by atoms with Crippen molar-refractivity contribution in [2.45, 2.75) is 16.3 Å². The first-order valence-electron chi connectivity index (χ1n) is 10.4. The summed E-state index contributed by atoms with van der Waals surface area (Å²) in [7, 11) is 0. The fourth-order valence-electron chi connectivity index (χ4n) is 3.49. The SMILES string of the molecule is O=C(O)c1cc(Br)cc(C(=O)C(Br)C(Br)c2ccc(OCc3ccc4ccccc4n3)cc2)c1O. The number of para-hydroxylation sites is 1. The van der Waals surface area contributed by atoms with Crippen LogP contribution in [0.5, 0.6) is 11.5 Å². The molecule has 178 valence electrons. The highest BCUT2D eigenvalue weighted by atomic mass is 79.9. The molecule has 0 radical (unpaired) electrons. The molecule has 3 aromatic carbocycles. The van der Waals surface area contributed by atoms with Gasteiger partial charge in [0.1, 0.15) is 23.7 Å². The molecule has 2 N–H and O–H groups in total. The maximum atomic E-state index is 13.0. The zero-order valence-corrected chi connectivity index (χ0v) is 22.7. The van der Waals surface area contributed by atoms with Gasteiger partial charge in [0, 0.05) is 9.86 Å². The number of halogens is 3. The van der Waals surface area contributed by atoms with E-state index in [9.17, 15) is 19.8 Å². The van der Waals surface area contributed by atoms with Gasteiger partial charge in [-0.15, -0.1) is 0 Å². The molecule has 2 unspecified atom stereocenters. The van der Waals surface area contributed by atoms with E-state index >= 15 is 0 Å². The molecule has 2 atom stereocenters. The van der Waals surface area contributed by atoms with E-state index in [2.05, 4.69) is 52.8 Å². The first-order chi connectivity index (χ1) is 16.7. The number of alkyl halides is 2. The monoisotopic (exact) mass is 661 g/mol. The summed E-state index contributed by atoms with van der Waals surface area (Å²) in [6.07, 6.45) is 0. The van der Waals surface area contributed by atoms with Gasteiger partial charge in [-0.3, -0.25) is 4.79 Å². The molecule has 0 amide bonds. The maximum absolute atomic E-state index is 13.0. The van der Waals surface area contributed by atoms with Crippen molar-refractivity contribution in [1.29, 1.82) is 0 Å². The van der Waals surface area contributed by atoms with Gasteiger partial charge in [0.15, 0.2) is 5.78 Å². The second-order valence-corrected chi connectivity index (χ2v) is 10.6. The van der Waals surface area contributed by atoms with Gasteiger partial charge >= 0.3 is 5.97 Å².